The molecule has 0 aromatic carbocycles. The Labute approximate surface area is 106 Å². The average Bonchev–Trinajstić information content (AvgIpc) is 2.96. The van der Waals surface area contributed by atoms with Crippen molar-refractivity contribution < 1.29 is 9.90 Å². The van der Waals surface area contributed by atoms with Gasteiger partial charge in [0.25, 0.3) is 5.91 Å². The molecule has 2 unspecified atom stereocenters. The first-order valence-electron chi connectivity index (χ1n) is 6.25. The van der Waals surface area contributed by atoms with Crippen molar-refractivity contribution in [3.63, 3.8) is 0 Å². The maximum atomic E-state index is 12.0. The number of thiophene rings is 1. The molecule has 1 saturated carbocycles. The Hall–Kier alpha value is -0.870. The molecular weight excluding hydrogens is 234 g/mol. The number of carbonyl (C=O) groups excluding carboxylic acids is 1. The summed E-state index contributed by atoms with van der Waals surface area (Å²) in [5, 5.41) is 12.3. The zero-order valence-corrected chi connectivity index (χ0v) is 10.9. The first-order valence-corrected chi connectivity index (χ1v) is 7.06. The van der Waals surface area contributed by atoms with Gasteiger partial charge in [-0.1, -0.05) is 13.3 Å². The van der Waals surface area contributed by atoms with E-state index in [4.69, 9.17) is 0 Å². The molecule has 2 atom stereocenters. The van der Waals surface area contributed by atoms with Gasteiger partial charge in [-0.25, -0.2) is 0 Å². The zero-order valence-electron chi connectivity index (χ0n) is 10.1. The van der Waals surface area contributed by atoms with Gasteiger partial charge in [-0.15, -0.1) is 11.3 Å². The fourth-order valence-electron chi connectivity index (χ4n) is 2.37. The third-order valence-corrected chi connectivity index (χ3v) is 4.67. The monoisotopic (exact) mass is 253 g/mol. The second-order valence-electron chi connectivity index (χ2n) is 4.57. The summed E-state index contributed by atoms with van der Waals surface area (Å²) in [6.07, 6.45) is 4.08. The molecule has 3 nitrogen and oxygen atoms in total. The lowest BCUT2D eigenvalue weighted by Gasteiger charge is -2.18. The molecule has 1 aromatic heterocycles. The number of rotatable bonds is 4. The van der Waals surface area contributed by atoms with Crippen LogP contribution in [0.2, 0.25) is 0 Å². The van der Waals surface area contributed by atoms with E-state index in [1.807, 2.05) is 12.1 Å². The minimum atomic E-state index is 0.0139. The number of aliphatic hydroxyl groups excluding tert-OH is 1. The Kier molecular flexibility index (Phi) is 4.18. The molecular formula is C13H19NO2S. The average molecular weight is 253 g/mol. The van der Waals surface area contributed by atoms with E-state index < -0.39 is 0 Å². The van der Waals surface area contributed by atoms with Crippen LogP contribution < -0.4 is 5.32 Å². The van der Waals surface area contributed by atoms with Crippen molar-refractivity contribution in [2.75, 3.05) is 6.61 Å². The van der Waals surface area contributed by atoms with Gasteiger partial charge >= 0.3 is 0 Å². The minimum Gasteiger partial charge on any atom is -0.396 e. The van der Waals surface area contributed by atoms with Crippen LogP contribution >= 0.6 is 11.3 Å². The van der Waals surface area contributed by atoms with Crippen LogP contribution in [0.3, 0.4) is 0 Å². The van der Waals surface area contributed by atoms with Gasteiger partial charge in [0.2, 0.25) is 0 Å². The van der Waals surface area contributed by atoms with Crippen LogP contribution in [0.15, 0.2) is 12.1 Å². The summed E-state index contributed by atoms with van der Waals surface area (Å²) in [5.41, 5.74) is 0. The van der Waals surface area contributed by atoms with Gasteiger partial charge in [-0.3, -0.25) is 4.79 Å². The number of nitrogens with one attached hydrogen (secondary N) is 1. The van der Waals surface area contributed by atoms with Gasteiger partial charge in [-0.2, -0.15) is 0 Å². The van der Waals surface area contributed by atoms with Crippen LogP contribution in [0, 0.1) is 5.92 Å². The lowest BCUT2D eigenvalue weighted by molar-refractivity contribution is 0.0920. The predicted octanol–water partition coefficient (Wildman–Crippen LogP) is 2.20. The molecule has 0 spiro atoms. The molecule has 1 heterocycles. The van der Waals surface area contributed by atoms with Crippen molar-refractivity contribution in [3.8, 4) is 0 Å². The van der Waals surface area contributed by atoms with E-state index in [0.29, 0.717) is 0 Å². The van der Waals surface area contributed by atoms with Crippen LogP contribution in [-0.4, -0.2) is 23.7 Å². The molecule has 0 saturated heterocycles. The van der Waals surface area contributed by atoms with Gasteiger partial charge in [0.15, 0.2) is 0 Å². The van der Waals surface area contributed by atoms with Crippen LogP contribution in [0.5, 0.6) is 0 Å². The van der Waals surface area contributed by atoms with E-state index >= 15 is 0 Å². The van der Waals surface area contributed by atoms with Crippen molar-refractivity contribution in [1.29, 1.82) is 0 Å². The normalized spacial score (nSPS) is 23.9. The summed E-state index contributed by atoms with van der Waals surface area (Å²) in [5.74, 6) is 0.254. The highest BCUT2D eigenvalue weighted by molar-refractivity contribution is 7.14. The molecule has 1 amide bonds. The minimum absolute atomic E-state index is 0.0139. The predicted molar refractivity (Wildman–Crippen MR) is 69.4 cm³/mol. The number of carbonyl (C=O) groups is 1. The van der Waals surface area contributed by atoms with E-state index in [9.17, 15) is 9.90 Å². The van der Waals surface area contributed by atoms with Crippen molar-refractivity contribution >= 4 is 17.2 Å². The molecule has 1 aliphatic rings. The van der Waals surface area contributed by atoms with Crippen LogP contribution in [-0.2, 0) is 6.42 Å². The molecule has 0 bridgehead atoms. The van der Waals surface area contributed by atoms with Crippen LogP contribution in [0.4, 0.5) is 0 Å². The number of hydrogen-bond donors (Lipinski definition) is 2. The summed E-state index contributed by atoms with van der Waals surface area (Å²) >= 11 is 1.56. The zero-order chi connectivity index (χ0) is 12.3. The lowest BCUT2D eigenvalue weighted by Crippen LogP contribution is -2.38. The SMILES string of the molecule is CCc1ccc(C(=O)NC2CCCC2CO)s1. The van der Waals surface area contributed by atoms with E-state index in [2.05, 4.69) is 12.2 Å². The van der Waals surface area contributed by atoms with Crippen molar-refractivity contribution in [2.24, 2.45) is 5.92 Å². The Bertz CT molecular complexity index is 389. The van der Waals surface area contributed by atoms with Crippen LogP contribution in [0.25, 0.3) is 0 Å². The summed E-state index contributed by atoms with van der Waals surface area (Å²) in [6, 6.07) is 4.05. The van der Waals surface area contributed by atoms with Crippen LogP contribution in [0.1, 0.15) is 40.7 Å². The first-order chi connectivity index (χ1) is 8.24. The highest BCUT2D eigenvalue weighted by atomic mass is 32.1. The number of aliphatic hydroxyl groups is 1. The van der Waals surface area contributed by atoms with Gasteiger partial charge in [0, 0.05) is 23.4 Å². The largest absolute Gasteiger partial charge is 0.396 e. The number of amides is 1. The fourth-order valence-corrected chi connectivity index (χ4v) is 3.23. The Morgan fingerprint density at radius 1 is 1.53 bits per heavy atom. The molecule has 1 fully saturated rings. The molecule has 0 radical (unpaired) electrons. The molecule has 17 heavy (non-hydrogen) atoms. The molecule has 94 valence electrons. The molecule has 1 aliphatic carbocycles. The number of hydrogen-bond acceptors (Lipinski definition) is 3. The van der Waals surface area contributed by atoms with Gasteiger partial charge in [-0.05, 0) is 31.4 Å². The van der Waals surface area contributed by atoms with Gasteiger partial charge in [0.05, 0.1) is 4.88 Å². The quantitative estimate of drug-likeness (QED) is 0.864. The van der Waals surface area contributed by atoms with Crippen molar-refractivity contribution in [1.82, 2.24) is 5.32 Å². The second-order valence-corrected chi connectivity index (χ2v) is 5.74. The second kappa shape index (κ2) is 5.65. The maximum absolute atomic E-state index is 12.0. The highest BCUT2D eigenvalue weighted by Gasteiger charge is 2.28. The first kappa shape index (κ1) is 12.6. The molecule has 0 aliphatic heterocycles. The molecule has 4 heteroatoms. The standard InChI is InChI=1S/C13H19NO2S/c1-2-10-6-7-12(17-10)13(16)14-11-5-3-4-9(11)8-15/h6-7,9,11,15H,2-5,8H2,1H3,(H,14,16). The summed E-state index contributed by atoms with van der Waals surface area (Å²) in [7, 11) is 0. The van der Waals surface area contributed by atoms with E-state index in [-0.39, 0.29) is 24.5 Å². The summed E-state index contributed by atoms with van der Waals surface area (Å²) in [4.78, 5) is 14.0. The lowest BCUT2D eigenvalue weighted by atomic mass is 10.1. The van der Waals surface area contributed by atoms with E-state index in [0.717, 1.165) is 30.6 Å². The van der Waals surface area contributed by atoms with E-state index in [1.165, 1.54) is 4.88 Å². The maximum Gasteiger partial charge on any atom is 0.261 e. The fraction of sp³-hybridized carbons (Fsp3) is 0.615. The molecule has 1 aromatic rings. The summed E-state index contributed by atoms with van der Waals surface area (Å²) < 4.78 is 0. The molecule has 2 rings (SSSR count). The third kappa shape index (κ3) is 2.87. The molecule has 2 N–H and O–H groups in total. The Morgan fingerprint density at radius 3 is 3.00 bits per heavy atom. The van der Waals surface area contributed by atoms with Crippen molar-refractivity contribution in [2.45, 2.75) is 38.6 Å². The number of aryl methyl sites for hydroxylation is 1. The topological polar surface area (TPSA) is 49.3 Å². The summed E-state index contributed by atoms with van der Waals surface area (Å²) in [6.45, 7) is 2.27. The smallest absolute Gasteiger partial charge is 0.261 e. The highest BCUT2D eigenvalue weighted by Crippen LogP contribution is 2.26. The Morgan fingerprint density at radius 2 is 2.35 bits per heavy atom. The van der Waals surface area contributed by atoms with Gasteiger partial charge < -0.3 is 10.4 Å². The third-order valence-electron chi connectivity index (χ3n) is 3.44. The Balaban J connectivity index is 1.96. The van der Waals surface area contributed by atoms with E-state index in [1.54, 1.807) is 11.3 Å². The van der Waals surface area contributed by atoms with Crippen molar-refractivity contribution in [3.05, 3.63) is 21.9 Å². The van der Waals surface area contributed by atoms with Gasteiger partial charge in [0.1, 0.15) is 0 Å².